The van der Waals surface area contributed by atoms with E-state index in [1.165, 1.54) is 0 Å². The molecule has 2 rings (SSSR count). The monoisotopic (exact) mass is 298 g/mol. The van der Waals surface area contributed by atoms with E-state index in [9.17, 15) is 16.8 Å². The zero-order valence-corrected chi connectivity index (χ0v) is 11.7. The molecule has 0 aromatic carbocycles. The van der Waals surface area contributed by atoms with Crippen molar-refractivity contribution < 1.29 is 26.3 Å². The van der Waals surface area contributed by atoms with Gasteiger partial charge in [-0.1, -0.05) is 0 Å². The molecule has 0 aromatic rings. The Hall–Kier alpha value is -0.180. The zero-order chi connectivity index (χ0) is 13.2. The Balaban J connectivity index is 1.60. The Morgan fingerprint density at radius 2 is 1.17 bits per heavy atom. The van der Waals surface area contributed by atoms with E-state index in [-0.39, 0.29) is 35.2 Å². The van der Waals surface area contributed by atoms with Crippen molar-refractivity contribution in [3.63, 3.8) is 0 Å². The summed E-state index contributed by atoms with van der Waals surface area (Å²) >= 11 is 0. The maximum absolute atomic E-state index is 11.2. The van der Waals surface area contributed by atoms with Crippen LogP contribution in [0.1, 0.15) is 12.8 Å². The minimum atomic E-state index is -2.91. The van der Waals surface area contributed by atoms with Gasteiger partial charge in [-0.25, -0.2) is 16.8 Å². The van der Waals surface area contributed by atoms with Crippen molar-refractivity contribution in [2.75, 3.05) is 36.2 Å². The molecule has 2 atom stereocenters. The van der Waals surface area contributed by atoms with Gasteiger partial charge >= 0.3 is 0 Å². The van der Waals surface area contributed by atoms with Gasteiger partial charge in [0.25, 0.3) is 0 Å². The summed E-state index contributed by atoms with van der Waals surface area (Å²) in [6.07, 6.45) is 0.622. The summed E-state index contributed by atoms with van der Waals surface area (Å²) in [6, 6.07) is 0. The van der Waals surface area contributed by atoms with Gasteiger partial charge in [-0.3, -0.25) is 0 Å². The summed E-state index contributed by atoms with van der Waals surface area (Å²) in [4.78, 5) is 0. The standard InChI is InChI=1S/C10H18O6S2/c11-17(12)5-1-9(7-17)15-3-4-16-10-2-6-18(13,14)8-10/h9-10H,1-8H2/t9-,10-/m1/s1. The van der Waals surface area contributed by atoms with Gasteiger partial charge < -0.3 is 9.47 Å². The molecule has 0 bridgehead atoms. The molecule has 0 spiro atoms. The Labute approximate surface area is 107 Å². The number of sulfone groups is 2. The SMILES string of the molecule is O=S1(=O)CC[C@@H](OCCO[C@@H]2CCS(=O)(=O)C2)C1. The fourth-order valence-electron chi connectivity index (χ4n) is 2.21. The van der Waals surface area contributed by atoms with E-state index in [1.54, 1.807) is 0 Å². The smallest absolute Gasteiger partial charge is 0.152 e. The molecular weight excluding hydrogens is 280 g/mol. The van der Waals surface area contributed by atoms with E-state index >= 15 is 0 Å². The summed E-state index contributed by atoms with van der Waals surface area (Å²) in [5, 5.41) is 0. The van der Waals surface area contributed by atoms with Crippen molar-refractivity contribution in [3.05, 3.63) is 0 Å². The summed E-state index contributed by atoms with van der Waals surface area (Å²) in [5.41, 5.74) is 0. The fraction of sp³-hybridized carbons (Fsp3) is 1.00. The molecular formula is C10H18O6S2. The van der Waals surface area contributed by atoms with Crippen LogP contribution in [0.15, 0.2) is 0 Å². The molecule has 0 N–H and O–H groups in total. The molecule has 2 fully saturated rings. The van der Waals surface area contributed by atoms with Crippen LogP contribution in [0.3, 0.4) is 0 Å². The first-order chi connectivity index (χ1) is 8.36. The lowest BCUT2D eigenvalue weighted by atomic mass is 10.3. The molecule has 106 valence electrons. The molecule has 2 heterocycles. The molecule has 2 saturated heterocycles. The molecule has 0 saturated carbocycles. The highest BCUT2D eigenvalue weighted by Crippen LogP contribution is 2.16. The first-order valence-corrected chi connectivity index (χ1v) is 9.65. The van der Waals surface area contributed by atoms with Crippen molar-refractivity contribution in [2.45, 2.75) is 25.0 Å². The van der Waals surface area contributed by atoms with Crippen molar-refractivity contribution in [1.29, 1.82) is 0 Å². The van der Waals surface area contributed by atoms with Crippen LogP contribution < -0.4 is 0 Å². The highest BCUT2D eigenvalue weighted by molar-refractivity contribution is 7.91. The van der Waals surface area contributed by atoms with Crippen LogP contribution in [0.2, 0.25) is 0 Å². The molecule has 8 heteroatoms. The van der Waals surface area contributed by atoms with E-state index in [0.29, 0.717) is 26.1 Å². The van der Waals surface area contributed by atoms with Crippen LogP contribution in [0, 0.1) is 0 Å². The van der Waals surface area contributed by atoms with Crippen molar-refractivity contribution in [2.24, 2.45) is 0 Å². The highest BCUT2D eigenvalue weighted by Gasteiger charge is 2.30. The van der Waals surface area contributed by atoms with Crippen molar-refractivity contribution in [3.8, 4) is 0 Å². The van der Waals surface area contributed by atoms with Crippen LogP contribution >= 0.6 is 0 Å². The predicted molar refractivity (Wildman–Crippen MR) is 66.0 cm³/mol. The van der Waals surface area contributed by atoms with Gasteiger partial charge in [0.15, 0.2) is 19.7 Å². The van der Waals surface area contributed by atoms with Gasteiger partial charge in [-0.15, -0.1) is 0 Å². The summed E-state index contributed by atoms with van der Waals surface area (Å²) in [6.45, 7) is 0.632. The highest BCUT2D eigenvalue weighted by atomic mass is 32.2. The van der Waals surface area contributed by atoms with E-state index in [4.69, 9.17) is 9.47 Å². The molecule has 6 nitrogen and oxygen atoms in total. The molecule has 0 amide bonds. The number of rotatable bonds is 5. The summed E-state index contributed by atoms with van der Waals surface area (Å²) in [7, 11) is -5.82. The minimum absolute atomic E-state index is 0.0881. The first-order valence-electron chi connectivity index (χ1n) is 6.00. The van der Waals surface area contributed by atoms with Crippen molar-refractivity contribution >= 4 is 19.7 Å². The number of ether oxygens (including phenoxy) is 2. The van der Waals surface area contributed by atoms with Gasteiger partial charge in [-0.05, 0) is 12.8 Å². The lowest BCUT2D eigenvalue weighted by molar-refractivity contribution is -0.00721. The predicted octanol–water partition coefficient (Wildman–Crippen LogP) is -0.606. The molecule has 2 aliphatic rings. The van der Waals surface area contributed by atoms with Crippen LogP contribution in [0.5, 0.6) is 0 Å². The van der Waals surface area contributed by atoms with Gasteiger partial charge in [-0.2, -0.15) is 0 Å². The fourth-order valence-corrected chi connectivity index (χ4v) is 5.45. The average Bonchev–Trinajstić information content (AvgIpc) is 2.76. The second-order valence-electron chi connectivity index (χ2n) is 4.79. The quantitative estimate of drug-likeness (QED) is 0.630. The molecule has 0 unspecified atom stereocenters. The largest absolute Gasteiger partial charge is 0.375 e. The topological polar surface area (TPSA) is 86.7 Å². The normalized spacial score (nSPS) is 33.8. The third-order valence-corrected chi connectivity index (χ3v) is 6.65. The second kappa shape index (κ2) is 5.44. The van der Waals surface area contributed by atoms with Gasteiger partial charge in [0, 0.05) is 0 Å². The van der Waals surface area contributed by atoms with Gasteiger partial charge in [0.1, 0.15) is 0 Å². The van der Waals surface area contributed by atoms with Crippen LogP contribution in [-0.4, -0.2) is 65.3 Å². The summed E-state index contributed by atoms with van der Waals surface area (Å²) < 4.78 is 55.5. The van der Waals surface area contributed by atoms with Crippen LogP contribution in [-0.2, 0) is 29.1 Å². The van der Waals surface area contributed by atoms with E-state index in [2.05, 4.69) is 0 Å². The maximum atomic E-state index is 11.2. The lowest BCUT2D eigenvalue weighted by Crippen LogP contribution is -2.21. The van der Waals surface area contributed by atoms with E-state index < -0.39 is 19.7 Å². The second-order valence-corrected chi connectivity index (χ2v) is 9.25. The first kappa shape index (κ1) is 14.2. The minimum Gasteiger partial charge on any atom is -0.375 e. The third-order valence-electron chi connectivity index (χ3n) is 3.17. The molecule has 0 aliphatic carbocycles. The average molecular weight is 298 g/mol. The van der Waals surface area contributed by atoms with Gasteiger partial charge in [0.2, 0.25) is 0 Å². The molecule has 0 radical (unpaired) electrons. The Morgan fingerprint density at radius 1 is 0.778 bits per heavy atom. The van der Waals surface area contributed by atoms with Crippen LogP contribution in [0.4, 0.5) is 0 Å². The zero-order valence-electron chi connectivity index (χ0n) is 10.1. The molecule has 18 heavy (non-hydrogen) atoms. The number of hydrogen-bond donors (Lipinski definition) is 0. The molecule has 2 aliphatic heterocycles. The number of hydrogen-bond acceptors (Lipinski definition) is 6. The molecule has 0 aromatic heterocycles. The van der Waals surface area contributed by atoms with Gasteiger partial charge in [0.05, 0.1) is 48.4 Å². The van der Waals surface area contributed by atoms with Crippen LogP contribution in [0.25, 0.3) is 0 Å². The Morgan fingerprint density at radius 3 is 1.44 bits per heavy atom. The Bertz CT molecular complexity index is 434. The summed E-state index contributed by atoms with van der Waals surface area (Å²) in [5.74, 6) is 0.564. The lowest BCUT2D eigenvalue weighted by Gasteiger charge is -2.12. The Kier molecular flexibility index (Phi) is 4.30. The van der Waals surface area contributed by atoms with Crippen molar-refractivity contribution in [1.82, 2.24) is 0 Å². The third kappa shape index (κ3) is 4.18. The van der Waals surface area contributed by atoms with E-state index in [0.717, 1.165) is 0 Å². The maximum Gasteiger partial charge on any atom is 0.152 e. The van der Waals surface area contributed by atoms with E-state index in [1.807, 2.05) is 0 Å².